The van der Waals surface area contributed by atoms with Crippen LogP contribution < -0.4 is 5.73 Å². The molecule has 0 spiro atoms. The molecule has 0 heterocycles. The van der Waals surface area contributed by atoms with E-state index < -0.39 is 5.91 Å². The van der Waals surface area contributed by atoms with Crippen LogP contribution in [-0.2, 0) is 0 Å². The van der Waals surface area contributed by atoms with Crippen molar-refractivity contribution in [3.05, 3.63) is 59.4 Å². The molecule has 0 radical (unpaired) electrons. The molecule has 2 nitrogen and oxygen atoms in total. The first-order valence-electron chi connectivity index (χ1n) is 5.25. The number of benzene rings is 2. The van der Waals surface area contributed by atoms with Crippen molar-refractivity contribution in [2.45, 2.75) is 6.92 Å². The van der Waals surface area contributed by atoms with E-state index in [9.17, 15) is 9.18 Å². The predicted molar refractivity (Wildman–Crippen MR) is 65.1 cm³/mol. The molecular formula is C14H12FNO. The SMILES string of the molecule is Cc1c(C(N)=O)ccc(F)c1-c1ccccc1. The molecule has 86 valence electrons. The minimum absolute atomic E-state index is 0.348. The van der Waals surface area contributed by atoms with Gasteiger partial charge in [0, 0.05) is 11.1 Å². The second-order valence-electron chi connectivity index (χ2n) is 3.83. The van der Waals surface area contributed by atoms with Crippen LogP contribution >= 0.6 is 0 Å². The summed E-state index contributed by atoms with van der Waals surface area (Å²) in [4.78, 5) is 11.2. The quantitative estimate of drug-likeness (QED) is 0.845. The lowest BCUT2D eigenvalue weighted by Gasteiger charge is -2.10. The van der Waals surface area contributed by atoms with Gasteiger partial charge in [-0.3, -0.25) is 4.79 Å². The van der Waals surface area contributed by atoms with Crippen LogP contribution in [0.4, 0.5) is 4.39 Å². The summed E-state index contributed by atoms with van der Waals surface area (Å²) in [6.45, 7) is 1.70. The molecule has 0 aliphatic heterocycles. The number of nitrogens with two attached hydrogens (primary N) is 1. The normalized spacial score (nSPS) is 10.2. The molecule has 0 bridgehead atoms. The molecule has 0 aliphatic rings. The third-order valence-corrected chi connectivity index (χ3v) is 2.74. The van der Waals surface area contributed by atoms with Crippen molar-refractivity contribution in [1.29, 1.82) is 0 Å². The number of rotatable bonds is 2. The Balaban J connectivity index is 2.69. The highest BCUT2D eigenvalue weighted by Gasteiger charge is 2.14. The van der Waals surface area contributed by atoms with Gasteiger partial charge in [0.15, 0.2) is 0 Å². The maximum atomic E-state index is 13.8. The largest absolute Gasteiger partial charge is 0.366 e. The molecule has 0 fully saturated rings. The first kappa shape index (κ1) is 11.3. The second kappa shape index (κ2) is 4.37. The summed E-state index contributed by atoms with van der Waals surface area (Å²) in [5.74, 6) is -0.890. The van der Waals surface area contributed by atoms with Crippen LogP contribution in [0.3, 0.4) is 0 Å². The zero-order chi connectivity index (χ0) is 12.4. The average Bonchev–Trinajstić information content (AvgIpc) is 2.30. The summed E-state index contributed by atoms with van der Waals surface area (Å²) in [5, 5.41) is 0. The molecule has 0 unspecified atom stereocenters. The summed E-state index contributed by atoms with van der Waals surface area (Å²) in [5.41, 5.74) is 7.35. The van der Waals surface area contributed by atoms with Gasteiger partial charge >= 0.3 is 0 Å². The zero-order valence-corrected chi connectivity index (χ0v) is 9.41. The van der Waals surface area contributed by atoms with Gasteiger partial charge in [0.05, 0.1) is 0 Å². The molecule has 0 aliphatic carbocycles. The monoisotopic (exact) mass is 229 g/mol. The van der Waals surface area contributed by atoms with E-state index >= 15 is 0 Å². The highest BCUT2D eigenvalue weighted by molar-refractivity contribution is 5.96. The van der Waals surface area contributed by atoms with Crippen LogP contribution in [0.1, 0.15) is 15.9 Å². The predicted octanol–water partition coefficient (Wildman–Crippen LogP) is 2.90. The maximum absolute atomic E-state index is 13.8. The van der Waals surface area contributed by atoms with Crippen molar-refractivity contribution in [3.63, 3.8) is 0 Å². The van der Waals surface area contributed by atoms with E-state index in [2.05, 4.69) is 0 Å². The number of halogens is 1. The Hall–Kier alpha value is -2.16. The van der Waals surface area contributed by atoms with Gasteiger partial charge in [0.25, 0.3) is 0 Å². The molecule has 3 heteroatoms. The van der Waals surface area contributed by atoms with Crippen molar-refractivity contribution < 1.29 is 9.18 Å². The average molecular weight is 229 g/mol. The summed E-state index contributed by atoms with van der Waals surface area (Å²) in [7, 11) is 0. The minimum Gasteiger partial charge on any atom is -0.366 e. The van der Waals surface area contributed by atoms with Crippen molar-refractivity contribution >= 4 is 5.91 Å². The summed E-state index contributed by atoms with van der Waals surface area (Å²) < 4.78 is 13.8. The molecule has 0 aromatic heterocycles. The fourth-order valence-electron chi connectivity index (χ4n) is 1.90. The Kier molecular flexibility index (Phi) is 2.91. The van der Waals surface area contributed by atoms with Crippen molar-refractivity contribution in [2.24, 2.45) is 5.73 Å². The van der Waals surface area contributed by atoms with E-state index in [1.165, 1.54) is 12.1 Å². The lowest BCUT2D eigenvalue weighted by molar-refractivity contribution is 0.0999. The first-order valence-corrected chi connectivity index (χ1v) is 5.25. The fourth-order valence-corrected chi connectivity index (χ4v) is 1.90. The summed E-state index contributed by atoms with van der Waals surface area (Å²) in [6.07, 6.45) is 0. The second-order valence-corrected chi connectivity index (χ2v) is 3.83. The Morgan fingerprint density at radius 3 is 2.35 bits per heavy atom. The zero-order valence-electron chi connectivity index (χ0n) is 9.41. The Morgan fingerprint density at radius 1 is 1.12 bits per heavy atom. The van der Waals surface area contributed by atoms with Crippen LogP contribution in [0.15, 0.2) is 42.5 Å². The lowest BCUT2D eigenvalue weighted by Crippen LogP contribution is -2.13. The van der Waals surface area contributed by atoms with Gasteiger partial charge in [-0.1, -0.05) is 30.3 Å². The van der Waals surface area contributed by atoms with E-state index in [1.807, 2.05) is 18.2 Å². The molecule has 2 N–H and O–H groups in total. The smallest absolute Gasteiger partial charge is 0.248 e. The van der Waals surface area contributed by atoms with E-state index in [-0.39, 0.29) is 5.82 Å². The van der Waals surface area contributed by atoms with Crippen LogP contribution in [0.25, 0.3) is 11.1 Å². The van der Waals surface area contributed by atoms with E-state index in [1.54, 1.807) is 19.1 Å². The third kappa shape index (κ3) is 2.04. The number of hydrogen-bond donors (Lipinski definition) is 1. The van der Waals surface area contributed by atoms with Gasteiger partial charge in [0.2, 0.25) is 5.91 Å². The number of hydrogen-bond acceptors (Lipinski definition) is 1. The van der Waals surface area contributed by atoms with Gasteiger partial charge in [-0.15, -0.1) is 0 Å². The standard InChI is InChI=1S/C14H12FNO/c1-9-11(14(16)17)7-8-12(15)13(9)10-5-3-2-4-6-10/h2-8H,1H3,(H2,16,17). The van der Waals surface area contributed by atoms with Crippen LogP contribution in [-0.4, -0.2) is 5.91 Å². The van der Waals surface area contributed by atoms with Gasteiger partial charge in [0.1, 0.15) is 5.82 Å². The Bertz CT molecular complexity index is 564. The molecule has 0 atom stereocenters. The Morgan fingerprint density at radius 2 is 1.76 bits per heavy atom. The lowest BCUT2D eigenvalue weighted by atomic mass is 9.95. The summed E-state index contributed by atoms with van der Waals surface area (Å²) in [6, 6.07) is 11.8. The van der Waals surface area contributed by atoms with Gasteiger partial charge in [-0.05, 0) is 30.2 Å². The van der Waals surface area contributed by atoms with Crippen LogP contribution in [0, 0.1) is 12.7 Å². The third-order valence-electron chi connectivity index (χ3n) is 2.74. The topological polar surface area (TPSA) is 43.1 Å². The molecular weight excluding hydrogens is 217 g/mol. The van der Waals surface area contributed by atoms with Gasteiger partial charge in [-0.25, -0.2) is 4.39 Å². The Labute approximate surface area is 98.9 Å². The molecule has 2 rings (SSSR count). The van der Waals surface area contributed by atoms with Crippen molar-refractivity contribution in [3.8, 4) is 11.1 Å². The number of carbonyl (C=O) groups excluding carboxylic acids is 1. The number of amides is 1. The van der Waals surface area contributed by atoms with Crippen molar-refractivity contribution in [2.75, 3.05) is 0 Å². The molecule has 17 heavy (non-hydrogen) atoms. The highest BCUT2D eigenvalue weighted by atomic mass is 19.1. The van der Waals surface area contributed by atoms with Crippen molar-refractivity contribution in [1.82, 2.24) is 0 Å². The van der Waals surface area contributed by atoms with Gasteiger partial charge < -0.3 is 5.73 Å². The van der Waals surface area contributed by atoms with E-state index in [0.717, 1.165) is 5.56 Å². The van der Waals surface area contributed by atoms with E-state index in [0.29, 0.717) is 16.7 Å². The van der Waals surface area contributed by atoms with Gasteiger partial charge in [-0.2, -0.15) is 0 Å². The van der Waals surface area contributed by atoms with Crippen LogP contribution in [0.2, 0.25) is 0 Å². The fraction of sp³-hybridized carbons (Fsp3) is 0.0714. The molecule has 2 aromatic carbocycles. The molecule has 1 amide bonds. The number of primary amides is 1. The number of carbonyl (C=O) groups is 1. The molecule has 0 saturated carbocycles. The molecule has 0 saturated heterocycles. The maximum Gasteiger partial charge on any atom is 0.248 e. The van der Waals surface area contributed by atoms with E-state index in [4.69, 9.17) is 5.73 Å². The van der Waals surface area contributed by atoms with Crippen LogP contribution in [0.5, 0.6) is 0 Å². The first-order chi connectivity index (χ1) is 8.11. The molecule has 2 aromatic rings. The summed E-state index contributed by atoms with van der Waals surface area (Å²) >= 11 is 0. The highest BCUT2D eigenvalue weighted by Crippen LogP contribution is 2.28. The minimum atomic E-state index is -0.542.